The molecule has 7 nitrogen and oxygen atoms in total. The number of rotatable bonds is 12. The molecule has 0 radical (unpaired) electrons. The molecule has 0 heterocycles. The van der Waals surface area contributed by atoms with Crippen molar-refractivity contribution < 1.29 is 25.5 Å². The van der Waals surface area contributed by atoms with Crippen molar-refractivity contribution in [2.24, 2.45) is 0 Å². The minimum Gasteiger partial charge on any atom is -0.507 e. The van der Waals surface area contributed by atoms with E-state index in [1.54, 1.807) is 0 Å². The number of phenols is 1. The van der Waals surface area contributed by atoms with Gasteiger partial charge < -0.3 is 25.5 Å². The van der Waals surface area contributed by atoms with Crippen LogP contribution in [0, 0.1) is 0 Å². The van der Waals surface area contributed by atoms with Crippen molar-refractivity contribution in [2.75, 3.05) is 13.2 Å². The Balaban J connectivity index is 2.90. The number of aryl methyl sites for hydroxylation is 1. The highest BCUT2D eigenvalue weighted by atomic mass is 16.3. The summed E-state index contributed by atoms with van der Waals surface area (Å²) in [5.41, 5.74) is 2.30. The fraction of sp³-hybridized carbons (Fsp3) is 0.647. The van der Waals surface area contributed by atoms with E-state index in [1.807, 2.05) is 12.1 Å². The zero-order valence-corrected chi connectivity index (χ0v) is 14.2. The predicted octanol–water partition coefficient (Wildman–Crippen LogP) is -0.0745. The highest BCUT2D eigenvalue weighted by molar-refractivity contribution is 5.44. The zero-order chi connectivity index (χ0) is 17.9. The largest absolute Gasteiger partial charge is 0.507 e. The molecule has 0 saturated heterocycles. The van der Waals surface area contributed by atoms with Gasteiger partial charge in [-0.25, -0.2) is 0 Å². The lowest BCUT2D eigenvalue weighted by molar-refractivity contribution is 0.0658. The molecular weight excluding hydrogens is 312 g/mol. The number of hydrogen-bond acceptors (Lipinski definition) is 7. The molecule has 7 heteroatoms. The molecule has 0 bridgehead atoms. The number of hydrogen-bond donors (Lipinski definition) is 7. The Labute approximate surface area is 143 Å². The van der Waals surface area contributed by atoms with Crippen molar-refractivity contribution in [1.82, 2.24) is 10.6 Å². The van der Waals surface area contributed by atoms with Gasteiger partial charge in [-0.3, -0.25) is 10.6 Å². The van der Waals surface area contributed by atoms with Gasteiger partial charge in [-0.15, -0.1) is 0 Å². The molecule has 2 atom stereocenters. The Morgan fingerprint density at radius 1 is 0.917 bits per heavy atom. The van der Waals surface area contributed by atoms with Crippen molar-refractivity contribution >= 4 is 0 Å². The van der Waals surface area contributed by atoms with Gasteiger partial charge in [0, 0.05) is 24.2 Å². The Hall–Kier alpha value is -1.22. The summed E-state index contributed by atoms with van der Waals surface area (Å²) < 4.78 is 0. The van der Waals surface area contributed by atoms with Gasteiger partial charge in [0.15, 0.2) is 0 Å². The minimum atomic E-state index is -1.05. The standard InChI is InChI=1S/C17H30N2O5/c1-2-3-4-5-12-6-13(8-18-15(22)10-20)17(24)14(7-12)9-19-16(23)11-21/h6-7,15-16,18-24H,2-5,8-11H2,1H3. The third-order valence-corrected chi connectivity index (χ3v) is 3.80. The molecule has 7 N–H and O–H groups in total. The van der Waals surface area contributed by atoms with Gasteiger partial charge in [0.2, 0.25) is 0 Å². The van der Waals surface area contributed by atoms with E-state index in [0.717, 1.165) is 31.2 Å². The maximum Gasteiger partial charge on any atom is 0.128 e. The first kappa shape index (κ1) is 20.8. The number of unbranched alkanes of at least 4 members (excludes halogenated alkanes) is 2. The summed E-state index contributed by atoms with van der Waals surface area (Å²) in [5, 5.41) is 52.4. The third kappa shape index (κ3) is 7.12. The Kier molecular flexibility index (Phi) is 9.85. The maximum atomic E-state index is 10.4. The van der Waals surface area contributed by atoms with Crippen LogP contribution in [0.15, 0.2) is 12.1 Å². The summed E-state index contributed by atoms with van der Waals surface area (Å²) in [6.45, 7) is 1.74. The zero-order valence-electron chi connectivity index (χ0n) is 14.2. The number of nitrogens with one attached hydrogen (secondary N) is 2. The normalized spacial score (nSPS) is 13.9. The number of phenolic OH excluding ortho intramolecular Hbond substituents is 1. The van der Waals surface area contributed by atoms with Crippen molar-refractivity contribution in [3.8, 4) is 5.75 Å². The number of aromatic hydroxyl groups is 1. The molecule has 0 amide bonds. The topological polar surface area (TPSA) is 125 Å². The molecular formula is C17H30N2O5. The van der Waals surface area contributed by atoms with Gasteiger partial charge in [-0.05, 0) is 18.4 Å². The average Bonchev–Trinajstić information content (AvgIpc) is 2.59. The van der Waals surface area contributed by atoms with E-state index in [1.165, 1.54) is 0 Å². The summed E-state index contributed by atoms with van der Waals surface area (Å²) in [7, 11) is 0. The lowest BCUT2D eigenvalue weighted by Gasteiger charge is -2.17. The van der Waals surface area contributed by atoms with Gasteiger partial charge in [0.1, 0.15) is 18.2 Å². The molecule has 2 unspecified atom stereocenters. The first-order valence-electron chi connectivity index (χ1n) is 8.40. The fourth-order valence-electron chi connectivity index (χ4n) is 2.41. The van der Waals surface area contributed by atoms with Crippen molar-refractivity contribution in [2.45, 2.75) is 58.2 Å². The molecule has 0 aliphatic heterocycles. The molecule has 138 valence electrons. The van der Waals surface area contributed by atoms with Gasteiger partial charge in [0.25, 0.3) is 0 Å². The molecule has 0 fully saturated rings. The quantitative estimate of drug-likeness (QED) is 0.209. The molecule has 1 aromatic carbocycles. The van der Waals surface area contributed by atoms with Crippen molar-refractivity contribution in [1.29, 1.82) is 0 Å². The van der Waals surface area contributed by atoms with Crippen LogP contribution in [0.25, 0.3) is 0 Å². The van der Waals surface area contributed by atoms with E-state index in [9.17, 15) is 15.3 Å². The smallest absolute Gasteiger partial charge is 0.128 e. The first-order chi connectivity index (χ1) is 11.5. The number of aliphatic hydroxyl groups excluding tert-OH is 4. The summed E-state index contributed by atoms with van der Waals surface area (Å²) in [5.74, 6) is 0.0736. The molecule has 0 aliphatic carbocycles. The molecule has 24 heavy (non-hydrogen) atoms. The predicted molar refractivity (Wildman–Crippen MR) is 91.2 cm³/mol. The fourth-order valence-corrected chi connectivity index (χ4v) is 2.41. The van der Waals surface area contributed by atoms with Gasteiger partial charge in [0.05, 0.1) is 13.2 Å². The average molecular weight is 342 g/mol. The highest BCUT2D eigenvalue weighted by Gasteiger charge is 2.12. The van der Waals surface area contributed by atoms with Gasteiger partial charge in [-0.2, -0.15) is 0 Å². The monoisotopic (exact) mass is 342 g/mol. The SMILES string of the molecule is CCCCCc1cc(CNC(O)CO)c(O)c(CNC(O)CO)c1. The molecule has 1 rings (SSSR count). The number of aliphatic hydroxyl groups is 4. The highest BCUT2D eigenvalue weighted by Crippen LogP contribution is 2.26. The molecule has 0 saturated carbocycles. The minimum absolute atomic E-state index is 0.0736. The first-order valence-corrected chi connectivity index (χ1v) is 8.40. The second-order valence-electron chi connectivity index (χ2n) is 5.88. The van der Waals surface area contributed by atoms with Crippen LogP contribution >= 0.6 is 0 Å². The summed E-state index contributed by atoms with van der Waals surface area (Å²) >= 11 is 0. The van der Waals surface area contributed by atoms with Crippen LogP contribution in [0.5, 0.6) is 5.75 Å². The Morgan fingerprint density at radius 3 is 1.83 bits per heavy atom. The van der Waals surface area contributed by atoms with Crippen LogP contribution in [-0.4, -0.2) is 51.2 Å². The molecule has 0 spiro atoms. The second-order valence-corrected chi connectivity index (χ2v) is 5.88. The third-order valence-electron chi connectivity index (χ3n) is 3.80. The van der Waals surface area contributed by atoms with Crippen LogP contribution in [-0.2, 0) is 19.5 Å². The Morgan fingerprint density at radius 2 is 1.42 bits per heavy atom. The van der Waals surface area contributed by atoms with E-state index in [4.69, 9.17) is 10.2 Å². The maximum absolute atomic E-state index is 10.4. The van der Waals surface area contributed by atoms with E-state index < -0.39 is 25.7 Å². The van der Waals surface area contributed by atoms with Crippen LogP contribution < -0.4 is 10.6 Å². The van der Waals surface area contributed by atoms with Crippen molar-refractivity contribution in [3.05, 3.63) is 28.8 Å². The van der Waals surface area contributed by atoms with Crippen molar-refractivity contribution in [3.63, 3.8) is 0 Å². The lowest BCUT2D eigenvalue weighted by atomic mass is 9.99. The van der Waals surface area contributed by atoms with E-state index in [2.05, 4.69) is 17.6 Å². The van der Waals surface area contributed by atoms with E-state index in [-0.39, 0.29) is 18.8 Å². The van der Waals surface area contributed by atoms with Gasteiger partial charge >= 0.3 is 0 Å². The molecule has 1 aromatic rings. The van der Waals surface area contributed by atoms with Gasteiger partial charge in [-0.1, -0.05) is 31.9 Å². The van der Waals surface area contributed by atoms with E-state index in [0.29, 0.717) is 11.1 Å². The second kappa shape index (κ2) is 11.4. The lowest BCUT2D eigenvalue weighted by Crippen LogP contribution is -2.32. The van der Waals surface area contributed by atoms with Crippen LogP contribution in [0.2, 0.25) is 0 Å². The van der Waals surface area contributed by atoms with Crippen LogP contribution in [0.4, 0.5) is 0 Å². The molecule has 0 aliphatic rings. The molecule has 0 aromatic heterocycles. The summed E-state index contributed by atoms with van der Waals surface area (Å²) in [6.07, 6.45) is 2.05. The number of benzene rings is 1. The van der Waals surface area contributed by atoms with Crippen LogP contribution in [0.1, 0.15) is 42.9 Å². The van der Waals surface area contributed by atoms with E-state index >= 15 is 0 Å². The van der Waals surface area contributed by atoms with Crippen LogP contribution in [0.3, 0.4) is 0 Å². The summed E-state index contributed by atoms with van der Waals surface area (Å²) in [4.78, 5) is 0. The summed E-state index contributed by atoms with van der Waals surface area (Å²) in [6, 6.07) is 3.77. The Bertz CT molecular complexity index is 449.